The maximum Gasteiger partial charge on any atom is 0.136 e. The number of aromatic nitrogens is 1. The standard InChI is InChI=1S/C16H23NO/c1-2-13-6-8-14(9-7-13)16(18)11-10-15-5-3-4-12-17-15/h3-5,12-14H,2,6-11H2,1H3. The molecule has 2 heteroatoms. The zero-order valence-electron chi connectivity index (χ0n) is 11.3. The van der Waals surface area contributed by atoms with Crippen LogP contribution >= 0.6 is 0 Å². The largest absolute Gasteiger partial charge is 0.299 e. The Morgan fingerprint density at radius 3 is 2.67 bits per heavy atom. The van der Waals surface area contributed by atoms with Crippen LogP contribution < -0.4 is 0 Å². The average Bonchev–Trinajstić information content (AvgIpc) is 2.46. The Kier molecular flexibility index (Phi) is 4.91. The molecule has 1 aliphatic rings. The summed E-state index contributed by atoms with van der Waals surface area (Å²) < 4.78 is 0. The van der Waals surface area contributed by atoms with Crippen LogP contribution in [0.5, 0.6) is 0 Å². The normalized spacial score (nSPS) is 23.8. The van der Waals surface area contributed by atoms with Crippen LogP contribution in [0.25, 0.3) is 0 Å². The van der Waals surface area contributed by atoms with E-state index in [9.17, 15) is 4.79 Å². The average molecular weight is 245 g/mol. The molecular weight excluding hydrogens is 222 g/mol. The van der Waals surface area contributed by atoms with Crippen molar-refractivity contribution < 1.29 is 4.79 Å². The SMILES string of the molecule is CCC1CCC(C(=O)CCc2ccccn2)CC1. The second-order valence-corrected chi connectivity index (χ2v) is 5.41. The van der Waals surface area contributed by atoms with Gasteiger partial charge in [0.25, 0.3) is 0 Å². The fourth-order valence-corrected chi connectivity index (χ4v) is 2.89. The van der Waals surface area contributed by atoms with Gasteiger partial charge >= 0.3 is 0 Å². The van der Waals surface area contributed by atoms with Crippen LogP contribution in [0.4, 0.5) is 0 Å². The molecular formula is C16H23NO. The van der Waals surface area contributed by atoms with Crippen molar-refractivity contribution in [2.45, 2.75) is 51.9 Å². The number of hydrogen-bond acceptors (Lipinski definition) is 2. The first-order valence-corrected chi connectivity index (χ1v) is 7.22. The Bertz CT molecular complexity index is 366. The van der Waals surface area contributed by atoms with E-state index in [2.05, 4.69) is 11.9 Å². The molecule has 1 heterocycles. The Morgan fingerprint density at radius 2 is 2.06 bits per heavy atom. The molecule has 18 heavy (non-hydrogen) atoms. The first kappa shape index (κ1) is 13.3. The van der Waals surface area contributed by atoms with Crippen LogP contribution in [0.15, 0.2) is 24.4 Å². The van der Waals surface area contributed by atoms with E-state index in [1.54, 1.807) is 6.20 Å². The van der Waals surface area contributed by atoms with Gasteiger partial charge in [-0.25, -0.2) is 0 Å². The van der Waals surface area contributed by atoms with Gasteiger partial charge < -0.3 is 0 Å². The van der Waals surface area contributed by atoms with Crippen molar-refractivity contribution in [2.75, 3.05) is 0 Å². The molecule has 1 aliphatic carbocycles. The fraction of sp³-hybridized carbons (Fsp3) is 0.625. The lowest BCUT2D eigenvalue weighted by atomic mass is 9.78. The molecule has 0 amide bonds. The number of nitrogens with zero attached hydrogens (tertiary/aromatic N) is 1. The molecule has 1 saturated carbocycles. The fourth-order valence-electron chi connectivity index (χ4n) is 2.89. The summed E-state index contributed by atoms with van der Waals surface area (Å²) in [6, 6.07) is 5.90. The predicted molar refractivity (Wildman–Crippen MR) is 73.3 cm³/mol. The number of carbonyl (C=O) groups is 1. The maximum atomic E-state index is 12.1. The molecule has 1 fully saturated rings. The first-order chi connectivity index (χ1) is 8.79. The Hall–Kier alpha value is -1.18. The molecule has 2 rings (SSSR count). The van der Waals surface area contributed by atoms with Crippen molar-refractivity contribution in [2.24, 2.45) is 11.8 Å². The van der Waals surface area contributed by atoms with Crippen LogP contribution in [0, 0.1) is 11.8 Å². The van der Waals surface area contributed by atoms with Gasteiger partial charge in [-0.3, -0.25) is 9.78 Å². The second-order valence-electron chi connectivity index (χ2n) is 5.41. The lowest BCUT2D eigenvalue weighted by Crippen LogP contribution is -2.22. The molecule has 0 radical (unpaired) electrons. The minimum Gasteiger partial charge on any atom is -0.299 e. The highest BCUT2D eigenvalue weighted by molar-refractivity contribution is 5.81. The Morgan fingerprint density at radius 1 is 1.28 bits per heavy atom. The zero-order valence-corrected chi connectivity index (χ0v) is 11.3. The number of carbonyl (C=O) groups excluding carboxylic acids is 1. The number of ketones is 1. The van der Waals surface area contributed by atoms with Gasteiger partial charge in [0.1, 0.15) is 5.78 Å². The minimum atomic E-state index is 0.330. The van der Waals surface area contributed by atoms with Crippen molar-refractivity contribution in [3.63, 3.8) is 0 Å². The van der Waals surface area contributed by atoms with Crippen molar-refractivity contribution in [1.82, 2.24) is 4.98 Å². The van der Waals surface area contributed by atoms with E-state index in [1.807, 2.05) is 18.2 Å². The number of pyridine rings is 1. The van der Waals surface area contributed by atoms with E-state index in [1.165, 1.54) is 19.3 Å². The third-order valence-electron chi connectivity index (χ3n) is 4.23. The molecule has 0 atom stereocenters. The number of hydrogen-bond donors (Lipinski definition) is 0. The maximum absolute atomic E-state index is 12.1. The topological polar surface area (TPSA) is 30.0 Å². The summed E-state index contributed by atoms with van der Waals surface area (Å²) in [5.74, 6) is 1.65. The van der Waals surface area contributed by atoms with Crippen molar-refractivity contribution in [3.05, 3.63) is 30.1 Å². The van der Waals surface area contributed by atoms with Gasteiger partial charge in [-0.1, -0.05) is 19.4 Å². The summed E-state index contributed by atoms with van der Waals surface area (Å²) in [6.45, 7) is 2.26. The van der Waals surface area contributed by atoms with Crippen molar-refractivity contribution >= 4 is 5.78 Å². The zero-order chi connectivity index (χ0) is 12.8. The Labute approximate surface area is 110 Å². The van der Waals surface area contributed by atoms with Crippen molar-refractivity contribution in [1.29, 1.82) is 0 Å². The highest BCUT2D eigenvalue weighted by atomic mass is 16.1. The molecule has 0 aliphatic heterocycles. The first-order valence-electron chi connectivity index (χ1n) is 7.22. The van der Waals surface area contributed by atoms with Crippen LogP contribution in [-0.4, -0.2) is 10.8 Å². The van der Waals surface area contributed by atoms with Gasteiger partial charge in [-0.15, -0.1) is 0 Å². The van der Waals surface area contributed by atoms with Crippen LogP contribution in [0.3, 0.4) is 0 Å². The van der Waals surface area contributed by atoms with E-state index < -0.39 is 0 Å². The van der Waals surface area contributed by atoms with E-state index in [0.717, 1.165) is 30.9 Å². The van der Waals surface area contributed by atoms with Gasteiger partial charge in [0.15, 0.2) is 0 Å². The molecule has 98 valence electrons. The third-order valence-corrected chi connectivity index (χ3v) is 4.23. The minimum absolute atomic E-state index is 0.330. The lowest BCUT2D eigenvalue weighted by Gasteiger charge is -2.26. The Balaban J connectivity index is 1.75. The molecule has 0 unspecified atom stereocenters. The highest BCUT2D eigenvalue weighted by Crippen LogP contribution is 2.31. The monoisotopic (exact) mass is 245 g/mol. The van der Waals surface area contributed by atoms with Gasteiger partial charge in [0.05, 0.1) is 0 Å². The van der Waals surface area contributed by atoms with Crippen molar-refractivity contribution in [3.8, 4) is 0 Å². The molecule has 0 bridgehead atoms. The molecule has 0 aromatic carbocycles. The highest BCUT2D eigenvalue weighted by Gasteiger charge is 2.24. The summed E-state index contributed by atoms with van der Waals surface area (Å²) in [7, 11) is 0. The molecule has 2 nitrogen and oxygen atoms in total. The summed E-state index contributed by atoms with van der Waals surface area (Å²) in [4.78, 5) is 16.4. The molecule has 1 aromatic rings. The smallest absolute Gasteiger partial charge is 0.136 e. The summed E-state index contributed by atoms with van der Waals surface area (Å²) in [5, 5.41) is 0. The lowest BCUT2D eigenvalue weighted by molar-refractivity contribution is -0.124. The number of Topliss-reactive ketones (excluding diaryl/α,β-unsaturated/α-hetero) is 1. The quantitative estimate of drug-likeness (QED) is 0.789. The number of rotatable bonds is 5. The van der Waals surface area contributed by atoms with Gasteiger partial charge in [0, 0.05) is 24.2 Å². The third kappa shape index (κ3) is 3.66. The van der Waals surface area contributed by atoms with E-state index >= 15 is 0 Å². The molecule has 1 aromatic heterocycles. The van der Waals surface area contributed by atoms with E-state index in [-0.39, 0.29) is 0 Å². The number of aryl methyl sites for hydroxylation is 1. The van der Waals surface area contributed by atoms with E-state index in [0.29, 0.717) is 18.1 Å². The van der Waals surface area contributed by atoms with Gasteiger partial charge in [-0.05, 0) is 50.2 Å². The van der Waals surface area contributed by atoms with Crippen LogP contribution in [-0.2, 0) is 11.2 Å². The molecule has 0 N–H and O–H groups in total. The van der Waals surface area contributed by atoms with Gasteiger partial charge in [0.2, 0.25) is 0 Å². The van der Waals surface area contributed by atoms with E-state index in [4.69, 9.17) is 0 Å². The predicted octanol–water partition coefficient (Wildman–Crippen LogP) is 3.80. The second kappa shape index (κ2) is 6.67. The van der Waals surface area contributed by atoms with Gasteiger partial charge in [-0.2, -0.15) is 0 Å². The summed E-state index contributed by atoms with van der Waals surface area (Å²) >= 11 is 0. The van der Waals surface area contributed by atoms with Crippen LogP contribution in [0.1, 0.15) is 51.1 Å². The molecule has 0 saturated heterocycles. The van der Waals surface area contributed by atoms with Crippen LogP contribution in [0.2, 0.25) is 0 Å². The summed E-state index contributed by atoms with van der Waals surface area (Å²) in [5.41, 5.74) is 1.04. The summed E-state index contributed by atoms with van der Waals surface area (Å²) in [6.07, 6.45) is 9.25. The molecule has 0 spiro atoms.